The monoisotopic (exact) mass is 449 g/mol. The number of amides is 1. The highest BCUT2D eigenvalue weighted by molar-refractivity contribution is 6.06. The van der Waals surface area contributed by atoms with Gasteiger partial charge in [0.15, 0.2) is 0 Å². The zero-order valence-electron chi connectivity index (χ0n) is 19.6. The number of piperidine rings is 1. The van der Waals surface area contributed by atoms with Gasteiger partial charge >= 0.3 is 0 Å². The Morgan fingerprint density at radius 2 is 1.79 bits per heavy atom. The summed E-state index contributed by atoms with van der Waals surface area (Å²) in [5, 5.41) is 12.4. The van der Waals surface area contributed by atoms with Crippen molar-refractivity contribution in [1.82, 2.24) is 5.32 Å². The number of carbonyl (C=O) groups excluding carboxylic acids is 1. The molecule has 2 atom stereocenters. The number of methoxy groups -OCH3 is 1. The minimum atomic E-state index is -0.494. The van der Waals surface area contributed by atoms with Crippen molar-refractivity contribution in [1.29, 1.82) is 0 Å². The highest BCUT2D eigenvalue weighted by atomic mass is 16.5. The molecule has 0 aromatic heterocycles. The maximum atomic E-state index is 13.8. The molecule has 2 aromatic rings. The Balaban J connectivity index is 1.58. The first kappa shape index (κ1) is 23.5. The van der Waals surface area contributed by atoms with Crippen LogP contribution in [0, 0.1) is 5.92 Å². The molecular formula is C27H35N3O3. The van der Waals surface area contributed by atoms with Gasteiger partial charge in [0.05, 0.1) is 12.8 Å². The summed E-state index contributed by atoms with van der Waals surface area (Å²) in [6.07, 6.45) is 6.24. The molecule has 0 aliphatic carbocycles. The second kappa shape index (κ2) is 10.5. The number of nitrogens with zero attached hydrogens (tertiary/aromatic N) is 2. The lowest BCUT2D eigenvalue weighted by atomic mass is 9.86. The molecule has 6 nitrogen and oxygen atoms in total. The molecule has 2 aromatic carbocycles. The zero-order chi connectivity index (χ0) is 23.3. The third-order valence-electron chi connectivity index (χ3n) is 6.94. The normalized spacial score (nSPS) is 20.0. The fourth-order valence-electron chi connectivity index (χ4n) is 5.15. The summed E-state index contributed by atoms with van der Waals surface area (Å²) in [6, 6.07) is 18.5. The molecule has 2 saturated heterocycles. The van der Waals surface area contributed by atoms with Gasteiger partial charge in [0.1, 0.15) is 5.54 Å². The van der Waals surface area contributed by atoms with E-state index in [0.29, 0.717) is 13.1 Å². The summed E-state index contributed by atoms with van der Waals surface area (Å²) < 4.78 is 5.77. The lowest BCUT2D eigenvalue weighted by Gasteiger charge is -2.39. The van der Waals surface area contributed by atoms with Crippen LogP contribution in [0.25, 0.3) is 0 Å². The first-order valence-electron chi connectivity index (χ1n) is 11.9. The number of hydrogen-bond donors (Lipinski definition) is 2. The van der Waals surface area contributed by atoms with E-state index in [9.17, 15) is 4.79 Å². The van der Waals surface area contributed by atoms with E-state index in [-0.39, 0.29) is 24.5 Å². The predicted octanol–water partition coefficient (Wildman–Crippen LogP) is 3.88. The second-order valence-corrected chi connectivity index (χ2v) is 8.97. The Bertz CT molecular complexity index is 939. The fraction of sp³-hybridized carbons (Fsp3) is 0.444. The number of carbonyl (C=O) groups is 1. The number of aliphatic hydroxyl groups is 1. The Morgan fingerprint density at radius 1 is 1.09 bits per heavy atom. The first-order chi connectivity index (χ1) is 16.1. The summed E-state index contributed by atoms with van der Waals surface area (Å²) >= 11 is 0. The lowest BCUT2D eigenvalue weighted by Crippen LogP contribution is -2.55. The molecule has 4 rings (SSSR count). The highest BCUT2D eigenvalue weighted by Crippen LogP contribution is 2.40. The van der Waals surface area contributed by atoms with Crippen LogP contribution in [0.5, 0.6) is 0 Å². The van der Waals surface area contributed by atoms with Gasteiger partial charge in [-0.2, -0.15) is 0 Å². The summed E-state index contributed by atoms with van der Waals surface area (Å²) in [7, 11) is 1.72. The van der Waals surface area contributed by atoms with Crippen molar-refractivity contribution in [2.75, 3.05) is 43.3 Å². The number of benzene rings is 2. The maximum Gasteiger partial charge on any atom is 0.254 e. The van der Waals surface area contributed by atoms with Crippen LogP contribution in [-0.4, -0.2) is 50.0 Å². The van der Waals surface area contributed by atoms with Crippen molar-refractivity contribution in [2.24, 2.45) is 5.92 Å². The van der Waals surface area contributed by atoms with E-state index in [1.54, 1.807) is 7.11 Å². The van der Waals surface area contributed by atoms with Crippen molar-refractivity contribution in [2.45, 2.75) is 37.8 Å². The Labute approximate surface area is 196 Å². The van der Waals surface area contributed by atoms with Crippen LogP contribution < -0.4 is 15.1 Å². The van der Waals surface area contributed by atoms with E-state index in [2.05, 4.69) is 47.5 Å². The molecule has 0 bridgehead atoms. The van der Waals surface area contributed by atoms with Crippen LogP contribution in [0.2, 0.25) is 0 Å². The van der Waals surface area contributed by atoms with Crippen molar-refractivity contribution in [3.05, 3.63) is 72.3 Å². The average molecular weight is 450 g/mol. The molecule has 2 N–H and O–H groups in total. The van der Waals surface area contributed by atoms with Crippen molar-refractivity contribution >= 4 is 17.3 Å². The fourth-order valence-corrected chi connectivity index (χ4v) is 5.15. The van der Waals surface area contributed by atoms with Crippen LogP contribution >= 0.6 is 0 Å². The Kier molecular flexibility index (Phi) is 7.48. The molecule has 2 aliphatic heterocycles. The van der Waals surface area contributed by atoms with Crippen LogP contribution in [0.3, 0.4) is 0 Å². The van der Waals surface area contributed by atoms with Gasteiger partial charge in [-0.1, -0.05) is 49.4 Å². The maximum absolute atomic E-state index is 13.8. The number of ether oxygens (including phenoxy) is 1. The van der Waals surface area contributed by atoms with Crippen LogP contribution in [0.1, 0.15) is 37.9 Å². The molecule has 1 amide bonds. The number of para-hydroxylation sites is 1. The minimum absolute atomic E-state index is 0.0835. The van der Waals surface area contributed by atoms with E-state index >= 15 is 0 Å². The third-order valence-corrected chi connectivity index (χ3v) is 6.94. The molecule has 0 saturated carbocycles. The summed E-state index contributed by atoms with van der Waals surface area (Å²) in [4.78, 5) is 18.0. The molecule has 2 fully saturated rings. The predicted molar refractivity (Wildman–Crippen MR) is 132 cm³/mol. The van der Waals surface area contributed by atoms with Crippen molar-refractivity contribution in [3.63, 3.8) is 0 Å². The van der Waals surface area contributed by atoms with Gasteiger partial charge in [0, 0.05) is 31.0 Å². The number of aliphatic hydroxyl groups excluding tert-OH is 1. The smallest absolute Gasteiger partial charge is 0.254 e. The lowest BCUT2D eigenvalue weighted by molar-refractivity contribution is -0.122. The van der Waals surface area contributed by atoms with E-state index in [1.165, 1.54) is 0 Å². The van der Waals surface area contributed by atoms with E-state index in [1.807, 2.05) is 41.3 Å². The molecule has 6 heteroatoms. The molecule has 33 heavy (non-hydrogen) atoms. The number of nitrogens with one attached hydrogen (secondary N) is 1. The van der Waals surface area contributed by atoms with E-state index < -0.39 is 5.54 Å². The van der Waals surface area contributed by atoms with Crippen LogP contribution in [0.15, 0.2) is 66.7 Å². The first-order valence-corrected chi connectivity index (χ1v) is 11.9. The quantitative estimate of drug-likeness (QED) is 0.599. The number of rotatable bonds is 8. The van der Waals surface area contributed by atoms with Crippen LogP contribution in [-0.2, 0) is 9.53 Å². The molecule has 2 heterocycles. The molecule has 0 radical (unpaired) electrons. The minimum Gasteiger partial charge on any atom is -0.396 e. The SMILES string of the molecule is CO[C@@H](c1ccc(N2CN(c3ccccc3)C3(CCNCC3)C2=O)cc1)[C@@H](C)/C=C/CCO. The summed E-state index contributed by atoms with van der Waals surface area (Å²) in [5.74, 6) is 0.358. The average Bonchev–Trinajstić information content (AvgIpc) is 3.13. The highest BCUT2D eigenvalue weighted by Gasteiger charge is 2.53. The van der Waals surface area contributed by atoms with Crippen LogP contribution in [0.4, 0.5) is 11.4 Å². The van der Waals surface area contributed by atoms with E-state index in [0.717, 1.165) is 42.9 Å². The molecule has 1 spiro atoms. The topological polar surface area (TPSA) is 65.0 Å². The Morgan fingerprint density at radius 3 is 2.42 bits per heavy atom. The van der Waals surface area contributed by atoms with Gasteiger partial charge in [0.2, 0.25) is 0 Å². The summed E-state index contributed by atoms with van der Waals surface area (Å²) in [5.41, 5.74) is 2.59. The van der Waals surface area contributed by atoms with Crippen molar-refractivity contribution < 1.29 is 14.6 Å². The van der Waals surface area contributed by atoms with Gasteiger partial charge in [-0.15, -0.1) is 0 Å². The zero-order valence-corrected chi connectivity index (χ0v) is 19.6. The van der Waals surface area contributed by atoms with Gasteiger partial charge < -0.3 is 20.1 Å². The third kappa shape index (κ3) is 4.69. The standard InChI is InChI=1S/C27H35N3O3/c1-21(8-6-7-19-31)25(33-2)22-11-13-23(14-12-22)29-20-30(24-9-4-3-5-10-24)27(26(29)32)15-17-28-18-16-27/h3-6,8-14,21,25,28,31H,7,15-20H2,1-2H3/b8-6+/t21-,25+/m0/s1. The molecule has 2 aliphatic rings. The largest absolute Gasteiger partial charge is 0.396 e. The molecule has 0 unspecified atom stereocenters. The second-order valence-electron chi connectivity index (χ2n) is 8.97. The number of hydrogen-bond acceptors (Lipinski definition) is 5. The van der Waals surface area contributed by atoms with Gasteiger partial charge in [0.25, 0.3) is 5.91 Å². The van der Waals surface area contributed by atoms with Gasteiger partial charge in [-0.25, -0.2) is 0 Å². The van der Waals surface area contributed by atoms with Gasteiger partial charge in [-0.05, 0) is 62.2 Å². The molecular weight excluding hydrogens is 414 g/mol. The summed E-state index contributed by atoms with van der Waals surface area (Å²) in [6.45, 7) is 4.50. The molecule has 176 valence electrons. The van der Waals surface area contributed by atoms with Crippen molar-refractivity contribution in [3.8, 4) is 0 Å². The van der Waals surface area contributed by atoms with Gasteiger partial charge in [-0.3, -0.25) is 9.69 Å². The number of anilines is 2. The van der Waals surface area contributed by atoms with E-state index in [4.69, 9.17) is 9.84 Å². The Hall–Kier alpha value is -2.67.